The maximum Gasteiger partial charge on any atom is 0.229 e. The van der Waals surface area contributed by atoms with Gasteiger partial charge in [-0.3, -0.25) is 4.79 Å². The summed E-state index contributed by atoms with van der Waals surface area (Å²) in [5, 5.41) is 0. The van der Waals surface area contributed by atoms with Gasteiger partial charge >= 0.3 is 0 Å². The lowest BCUT2D eigenvalue weighted by Crippen LogP contribution is -2.52. The second-order valence-electron chi connectivity index (χ2n) is 9.02. The van der Waals surface area contributed by atoms with Crippen molar-refractivity contribution in [1.29, 1.82) is 0 Å². The van der Waals surface area contributed by atoms with Gasteiger partial charge in [-0.25, -0.2) is 0 Å². The van der Waals surface area contributed by atoms with Crippen LogP contribution >= 0.6 is 0 Å². The van der Waals surface area contributed by atoms with Gasteiger partial charge in [-0.1, -0.05) is 60.7 Å². The normalized spacial score (nSPS) is 27.7. The maximum absolute atomic E-state index is 13.3. The van der Waals surface area contributed by atoms with Gasteiger partial charge in [0, 0.05) is 18.6 Å². The molecule has 1 saturated heterocycles. The number of amides is 1. The van der Waals surface area contributed by atoms with E-state index in [9.17, 15) is 4.79 Å². The molecule has 2 aliphatic rings. The lowest BCUT2D eigenvalue weighted by Gasteiger charge is -2.48. The van der Waals surface area contributed by atoms with Crippen LogP contribution in [0.25, 0.3) is 0 Å². The number of carbonyl (C=O) groups is 1. The van der Waals surface area contributed by atoms with Crippen molar-refractivity contribution in [2.75, 3.05) is 20.6 Å². The van der Waals surface area contributed by atoms with Crippen molar-refractivity contribution in [3.05, 3.63) is 71.8 Å². The molecule has 3 heteroatoms. The van der Waals surface area contributed by atoms with Crippen LogP contribution in [0.4, 0.5) is 0 Å². The molecule has 1 heterocycles. The van der Waals surface area contributed by atoms with E-state index in [4.69, 9.17) is 0 Å². The summed E-state index contributed by atoms with van der Waals surface area (Å²) in [6.07, 6.45) is 6.32. The first kappa shape index (κ1) is 19.2. The first-order valence-electron chi connectivity index (χ1n) is 10.6. The Morgan fingerprint density at radius 3 is 1.96 bits per heavy atom. The Labute approximate surface area is 169 Å². The van der Waals surface area contributed by atoms with Gasteiger partial charge in [-0.15, -0.1) is 0 Å². The predicted molar refractivity (Wildman–Crippen MR) is 114 cm³/mol. The summed E-state index contributed by atoms with van der Waals surface area (Å²) < 4.78 is 0. The van der Waals surface area contributed by atoms with E-state index < -0.39 is 0 Å². The molecule has 0 N–H and O–H groups in total. The number of carbonyl (C=O) groups excluding carboxylic acids is 1. The van der Waals surface area contributed by atoms with Crippen molar-refractivity contribution in [2.24, 2.45) is 5.41 Å². The van der Waals surface area contributed by atoms with Crippen molar-refractivity contribution in [3.63, 3.8) is 0 Å². The molecule has 1 aliphatic heterocycles. The van der Waals surface area contributed by atoms with Gasteiger partial charge < -0.3 is 9.80 Å². The minimum Gasteiger partial charge on any atom is -0.338 e. The maximum atomic E-state index is 13.3. The zero-order chi connectivity index (χ0) is 19.6. The van der Waals surface area contributed by atoms with Gasteiger partial charge in [-0.2, -0.15) is 0 Å². The first-order chi connectivity index (χ1) is 13.5. The van der Waals surface area contributed by atoms with Crippen LogP contribution in [0, 0.1) is 5.41 Å². The topological polar surface area (TPSA) is 23.6 Å². The fourth-order valence-corrected chi connectivity index (χ4v) is 5.26. The second kappa shape index (κ2) is 7.71. The monoisotopic (exact) mass is 376 g/mol. The molecule has 2 fully saturated rings. The Balaban J connectivity index is 1.45. The molecule has 2 aromatic carbocycles. The third-order valence-electron chi connectivity index (χ3n) is 7.28. The van der Waals surface area contributed by atoms with Gasteiger partial charge in [-0.05, 0) is 63.7 Å². The van der Waals surface area contributed by atoms with Crippen LogP contribution in [-0.4, -0.2) is 41.9 Å². The van der Waals surface area contributed by atoms with Crippen molar-refractivity contribution in [1.82, 2.24) is 9.80 Å². The zero-order valence-electron chi connectivity index (χ0n) is 17.2. The largest absolute Gasteiger partial charge is 0.338 e. The van der Waals surface area contributed by atoms with Crippen LogP contribution in [-0.2, 0) is 17.8 Å². The third kappa shape index (κ3) is 3.60. The smallest absolute Gasteiger partial charge is 0.229 e. The molecule has 4 rings (SSSR count). The van der Waals surface area contributed by atoms with Gasteiger partial charge in [0.05, 0.1) is 5.41 Å². The van der Waals surface area contributed by atoms with E-state index in [1.165, 1.54) is 11.1 Å². The highest BCUT2D eigenvalue weighted by molar-refractivity contribution is 5.85. The SMILES string of the molecule is CN(C)C1(Cc2ccccc2)CCC2(CCN(Cc3ccccc3)C2=O)CC1. The first-order valence-corrected chi connectivity index (χ1v) is 10.6. The van der Waals surface area contributed by atoms with Crippen LogP contribution in [0.1, 0.15) is 43.2 Å². The lowest BCUT2D eigenvalue weighted by atomic mass is 9.64. The number of rotatable bonds is 5. The molecule has 28 heavy (non-hydrogen) atoms. The van der Waals surface area contributed by atoms with Gasteiger partial charge in [0.1, 0.15) is 0 Å². The summed E-state index contributed by atoms with van der Waals surface area (Å²) in [6, 6.07) is 21.2. The van der Waals surface area contributed by atoms with E-state index in [-0.39, 0.29) is 11.0 Å². The molecule has 2 aromatic rings. The average Bonchev–Trinajstić information content (AvgIpc) is 3.01. The van der Waals surface area contributed by atoms with E-state index in [0.717, 1.165) is 51.6 Å². The van der Waals surface area contributed by atoms with Gasteiger partial charge in [0.2, 0.25) is 5.91 Å². The standard InChI is InChI=1S/C25H32N2O/c1-26(2)25(19-21-9-5-3-6-10-21)15-13-24(14-16-25)17-18-27(23(24)28)20-22-11-7-4-8-12-22/h3-12H,13-20H2,1-2H3. The molecule has 1 aliphatic carbocycles. The van der Waals surface area contributed by atoms with Crippen LogP contribution in [0.3, 0.4) is 0 Å². The predicted octanol–water partition coefficient (Wildman–Crippen LogP) is 4.52. The van der Waals surface area contributed by atoms with Crippen LogP contribution in [0.2, 0.25) is 0 Å². The molecule has 0 atom stereocenters. The summed E-state index contributed by atoms with van der Waals surface area (Å²) in [4.78, 5) is 17.8. The third-order valence-corrected chi connectivity index (χ3v) is 7.28. The summed E-state index contributed by atoms with van der Waals surface area (Å²) in [6.45, 7) is 1.66. The summed E-state index contributed by atoms with van der Waals surface area (Å²) >= 11 is 0. The second-order valence-corrected chi connectivity index (χ2v) is 9.02. The molecule has 1 saturated carbocycles. The molecule has 0 unspecified atom stereocenters. The molecule has 3 nitrogen and oxygen atoms in total. The minimum atomic E-state index is -0.120. The molecule has 1 amide bonds. The number of likely N-dealkylation sites (N-methyl/N-ethyl adjacent to an activating group) is 1. The summed E-state index contributed by atoms with van der Waals surface area (Å²) in [5.41, 5.74) is 2.68. The number of hydrogen-bond donors (Lipinski definition) is 0. The lowest BCUT2D eigenvalue weighted by molar-refractivity contribution is -0.139. The number of benzene rings is 2. The van der Waals surface area contributed by atoms with Crippen LogP contribution < -0.4 is 0 Å². The van der Waals surface area contributed by atoms with E-state index in [0.29, 0.717) is 5.91 Å². The number of nitrogens with zero attached hydrogens (tertiary/aromatic N) is 2. The average molecular weight is 377 g/mol. The molecule has 0 aromatic heterocycles. The molecular formula is C25H32N2O. The number of hydrogen-bond acceptors (Lipinski definition) is 2. The Kier molecular flexibility index (Phi) is 5.29. The van der Waals surface area contributed by atoms with E-state index in [1.807, 2.05) is 6.07 Å². The van der Waals surface area contributed by atoms with E-state index in [1.54, 1.807) is 0 Å². The number of likely N-dealkylation sites (tertiary alicyclic amines) is 1. The summed E-state index contributed by atoms with van der Waals surface area (Å²) in [5.74, 6) is 0.392. The Morgan fingerprint density at radius 1 is 0.821 bits per heavy atom. The minimum absolute atomic E-state index is 0.120. The van der Waals surface area contributed by atoms with Crippen molar-refractivity contribution in [3.8, 4) is 0 Å². The molecular weight excluding hydrogens is 344 g/mol. The van der Waals surface area contributed by atoms with Crippen molar-refractivity contribution < 1.29 is 4.79 Å². The fourth-order valence-electron chi connectivity index (χ4n) is 5.26. The summed E-state index contributed by atoms with van der Waals surface area (Å²) in [7, 11) is 4.41. The van der Waals surface area contributed by atoms with E-state index >= 15 is 0 Å². The quantitative estimate of drug-likeness (QED) is 0.766. The van der Waals surface area contributed by atoms with Crippen LogP contribution in [0.5, 0.6) is 0 Å². The van der Waals surface area contributed by atoms with E-state index in [2.05, 4.69) is 78.5 Å². The Hall–Kier alpha value is -2.13. The highest BCUT2D eigenvalue weighted by atomic mass is 16.2. The van der Waals surface area contributed by atoms with Gasteiger partial charge in [0.25, 0.3) is 0 Å². The highest BCUT2D eigenvalue weighted by Crippen LogP contribution is 2.50. The zero-order valence-corrected chi connectivity index (χ0v) is 17.2. The molecule has 0 bridgehead atoms. The molecule has 0 radical (unpaired) electrons. The Morgan fingerprint density at radius 2 is 1.39 bits per heavy atom. The molecule has 148 valence electrons. The van der Waals surface area contributed by atoms with Gasteiger partial charge in [0.15, 0.2) is 0 Å². The van der Waals surface area contributed by atoms with Crippen molar-refractivity contribution >= 4 is 5.91 Å². The Bertz CT molecular complexity index is 792. The molecule has 1 spiro atoms. The van der Waals surface area contributed by atoms with Crippen LogP contribution in [0.15, 0.2) is 60.7 Å². The highest BCUT2D eigenvalue weighted by Gasteiger charge is 2.52. The van der Waals surface area contributed by atoms with Crippen molar-refractivity contribution in [2.45, 2.75) is 50.6 Å². The fraction of sp³-hybridized carbons (Fsp3) is 0.480.